The van der Waals surface area contributed by atoms with E-state index in [1.807, 2.05) is 19.9 Å². The molecule has 31 heavy (non-hydrogen) atoms. The van der Waals surface area contributed by atoms with Crippen LogP contribution in [0.5, 0.6) is 0 Å². The molecule has 4 nitrogen and oxygen atoms in total. The molecule has 0 aliphatic heterocycles. The van der Waals surface area contributed by atoms with Crippen molar-refractivity contribution < 1.29 is 16.8 Å². The predicted octanol–water partition coefficient (Wildman–Crippen LogP) is 5.23. The molecule has 0 aliphatic rings. The Morgan fingerprint density at radius 2 is 1.19 bits per heavy atom. The summed E-state index contributed by atoms with van der Waals surface area (Å²) in [5, 5.41) is 0.947. The first-order valence-corrected chi connectivity index (χ1v) is 13.0. The lowest BCUT2D eigenvalue weighted by Crippen LogP contribution is -2.10. The molecule has 0 unspecified atom stereocenters. The Morgan fingerprint density at radius 3 is 1.65 bits per heavy atom. The summed E-state index contributed by atoms with van der Waals surface area (Å²) in [5.74, 6) is 0.155. The molecule has 0 saturated heterocycles. The quantitative estimate of drug-likeness (QED) is 0.509. The molecule has 3 rings (SSSR count). The van der Waals surface area contributed by atoms with Crippen LogP contribution in [0.15, 0.2) is 94.6 Å². The minimum atomic E-state index is -3.23. The predicted molar refractivity (Wildman–Crippen MR) is 127 cm³/mol. The number of aryl methyl sites for hydroxylation is 3. The van der Waals surface area contributed by atoms with Crippen LogP contribution in [0, 0.1) is 20.8 Å². The molecule has 6 heteroatoms. The van der Waals surface area contributed by atoms with Gasteiger partial charge in [-0.15, -0.1) is 0 Å². The zero-order valence-electron chi connectivity index (χ0n) is 18.1. The van der Waals surface area contributed by atoms with Crippen LogP contribution in [0.25, 0.3) is 0 Å². The molecule has 164 valence electrons. The van der Waals surface area contributed by atoms with Gasteiger partial charge in [0.25, 0.3) is 0 Å². The van der Waals surface area contributed by atoms with Gasteiger partial charge in [0, 0.05) is 5.41 Å². The van der Waals surface area contributed by atoms with Crippen molar-refractivity contribution in [2.24, 2.45) is 0 Å². The second-order valence-electron chi connectivity index (χ2n) is 7.28. The van der Waals surface area contributed by atoms with E-state index >= 15 is 0 Å². The first-order chi connectivity index (χ1) is 14.6. The Balaban J connectivity index is 0.000000262. The summed E-state index contributed by atoms with van der Waals surface area (Å²) in [7, 11) is -6.44. The van der Waals surface area contributed by atoms with Crippen LogP contribution in [-0.4, -0.2) is 22.6 Å². The first-order valence-electron chi connectivity index (χ1n) is 9.84. The summed E-state index contributed by atoms with van der Waals surface area (Å²) in [6, 6.07) is 21.1. The summed E-state index contributed by atoms with van der Waals surface area (Å²) in [4.78, 5) is 0.692. The smallest absolute Gasteiger partial charge is 0.199 e. The molecule has 0 spiro atoms. The van der Waals surface area contributed by atoms with Crippen LogP contribution in [-0.2, 0) is 26.1 Å². The zero-order chi connectivity index (χ0) is 23.1. The van der Waals surface area contributed by atoms with Crippen molar-refractivity contribution in [2.45, 2.75) is 37.0 Å². The molecule has 0 aliphatic carbocycles. The Kier molecular flexibility index (Phi) is 8.36. The number of hydrogen-bond donors (Lipinski definition) is 0. The SMILES string of the molecule is C=CS(=O)(=O)c1ccccc1.Cc1cc(C)c(CCS(=O)(=O)c2ccccc2)c(C)c1. The van der Waals surface area contributed by atoms with Crippen molar-refractivity contribution >= 4 is 19.7 Å². The maximum Gasteiger partial charge on any atom is 0.199 e. The maximum atomic E-state index is 12.3. The van der Waals surface area contributed by atoms with Gasteiger partial charge in [-0.3, -0.25) is 0 Å². The molecule has 0 saturated carbocycles. The molecular weight excluding hydrogens is 428 g/mol. The number of sulfone groups is 2. The van der Waals surface area contributed by atoms with Crippen molar-refractivity contribution in [2.75, 3.05) is 5.75 Å². The summed E-state index contributed by atoms with van der Waals surface area (Å²) in [5.41, 5.74) is 4.71. The fourth-order valence-corrected chi connectivity index (χ4v) is 5.30. The highest BCUT2D eigenvalue weighted by atomic mass is 32.2. The topological polar surface area (TPSA) is 68.3 Å². The van der Waals surface area contributed by atoms with Gasteiger partial charge in [0.1, 0.15) is 0 Å². The number of hydrogen-bond acceptors (Lipinski definition) is 4. The normalized spacial score (nSPS) is 11.3. The Bertz CT molecular complexity index is 1210. The Hall–Kier alpha value is -2.70. The first kappa shape index (κ1) is 24.6. The van der Waals surface area contributed by atoms with Gasteiger partial charge in [-0.1, -0.05) is 60.7 Å². The minimum absolute atomic E-state index is 0.155. The van der Waals surface area contributed by atoms with Crippen LogP contribution in [0.4, 0.5) is 0 Å². The van der Waals surface area contributed by atoms with Gasteiger partial charge in [-0.2, -0.15) is 0 Å². The third-order valence-corrected chi connectivity index (χ3v) is 7.95. The van der Waals surface area contributed by atoms with E-state index in [-0.39, 0.29) is 10.6 Å². The fraction of sp³-hybridized carbons (Fsp3) is 0.200. The molecule has 0 N–H and O–H groups in total. The summed E-state index contributed by atoms with van der Waals surface area (Å²) in [6.45, 7) is 9.37. The van der Waals surface area contributed by atoms with Crippen LogP contribution >= 0.6 is 0 Å². The van der Waals surface area contributed by atoms with Gasteiger partial charge >= 0.3 is 0 Å². The zero-order valence-corrected chi connectivity index (χ0v) is 19.7. The van der Waals surface area contributed by atoms with Crippen molar-refractivity contribution in [1.82, 2.24) is 0 Å². The standard InChI is InChI=1S/C17H20O2S.C8H8O2S/c1-13-11-14(2)17(15(3)12-13)9-10-20(18,19)16-7-5-4-6-8-16;1-2-11(9,10)8-6-4-3-5-7-8/h4-8,11-12H,9-10H2,1-3H3;2-7H,1H2. The van der Waals surface area contributed by atoms with E-state index in [0.29, 0.717) is 11.3 Å². The van der Waals surface area contributed by atoms with E-state index in [4.69, 9.17) is 0 Å². The largest absolute Gasteiger partial charge is 0.224 e. The highest BCUT2D eigenvalue weighted by Gasteiger charge is 2.15. The van der Waals surface area contributed by atoms with Gasteiger partial charge in [-0.05, 0) is 68.1 Å². The molecule has 0 aromatic heterocycles. The molecule has 0 atom stereocenters. The second kappa shape index (κ2) is 10.6. The molecule has 3 aromatic rings. The van der Waals surface area contributed by atoms with Gasteiger partial charge in [-0.25, -0.2) is 16.8 Å². The van der Waals surface area contributed by atoms with E-state index in [1.54, 1.807) is 42.5 Å². The molecule has 3 aromatic carbocycles. The third kappa shape index (κ3) is 6.91. The average molecular weight is 457 g/mol. The molecule has 0 fully saturated rings. The fourth-order valence-electron chi connectivity index (χ4n) is 3.29. The third-order valence-electron chi connectivity index (χ3n) is 4.85. The van der Waals surface area contributed by atoms with Gasteiger partial charge in [0.05, 0.1) is 15.5 Å². The summed E-state index contributed by atoms with van der Waals surface area (Å²) < 4.78 is 46.8. The molecule has 0 amide bonds. The van der Waals surface area contributed by atoms with Crippen molar-refractivity contribution in [1.29, 1.82) is 0 Å². The maximum absolute atomic E-state index is 12.3. The lowest BCUT2D eigenvalue weighted by atomic mass is 9.98. The molecular formula is C25H28O4S2. The average Bonchev–Trinajstić information content (AvgIpc) is 2.74. The van der Waals surface area contributed by atoms with Gasteiger partial charge in [0.15, 0.2) is 19.7 Å². The molecule has 0 radical (unpaired) electrons. The van der Waals surface area contributed by atoms with E-state index in [9.17, 15) is 16.8 Å². The van der Waals surface area contributed by atoms with E-state index in [0.717, 1.165) is 11.0 Å². The van der Waals surface area contributed by atoms with Gasteiger partial charge in [0.2, 0.25) is 0 Å². The second-order valence-corrected chi connectivity index (χ2v) is 11.3. The van der Waals surface area contributed by atoms with E-state index in [2.05, 4.69) is 25.6 Å². The van der Waals surface area contributed by atoms with Crippen molar-refractivity contribution in [3.63, 3.8) is 0 Å². The molecule has 0 heterocycles. The van der Waals surface area contributed by atoms with Crippen LogP contribution in [0.3, 0.4) is 0 Å². The van der Waals surface area contributed by atoms with Crippen molar-refractivity contribution in [3.05, 3.63) is 107 Å². The van der Waals surface area contributed by atoms with E-state index < -0.39 is 19.7 Å². The van der Waals surface area contributed by atoms with Crippen LogP contribution < -0.4 is 0 Å². The Labute approximate surface area is 186 Å². The summed E-state index contributed by atoms with van der Waals surface area (Å²) in [6.07, 6.45) is 0.565. The molecule has 0 bridgehead atoms. The lowest BCUT2D eigenvalue weighted by molar-refractivity contribution is 0.595. The van der Waals surface area contributed by atoms with Gasteiger partial charge < -0.3 is 0 Å². The van der Waals surface area contributed by atoms with Crippen LogP contribution in [0.1, 0.15) is 22.3 Å². The highest BCUT2D eigenvalue weighted by Crippen LogP contribution is 2.19. The minimum Gasteiger partial charge on any atom is -0.224 e. The number of benzene rings is 3. The van der Waals surface area contributed by atoms with E-state index in [1.165, 1.54) is 28.8 Å². The lowest BCUT2D eigenvalue weighted by Gasteiger charge is -2.11. The monoisotopic (exact) mass is 456 g/mol. The summed E-state index contributed by atoms with van der Waals surface area (Å²) >= 11 is 0. The Morgan fingerprint density at radius 1 is 0.742 bits per heavy atom. The van der Waals surface area contributed by atoms with Crippen molar-refractivity contribution in [3.8, 4) is 0 Å². The highest BCUT2D eigenvalue weighted by molar-refractivity contribution is 7.94. The number of rotatable bonds is 6. The van der Waals surface area contributed by atoms with Crippen LogP contribution in [0.2, 0.25) is 0 Å².